The Morgan fingerprint density at radius 1 is 1.27 bits per heavy atom. The van der Waals surface area contributed by atoms with Crippen LogP contribution in [0, 0.1) is 0 Å². The molecular formula is C13H28N2. The van der Waals surface area contributed by atoms with Gasteiger partial charge in [-0.3, -0.25) is 4.90 Å². The monoisotopic (exact) mass is 212 g/mol. The van der Waals surface area contributed by atoms with Gasteiger partial charge in [0, 0.05) is 24.7 Å². The second-order valence-electron chi connectivity index (χ2n) is 5.09. The van der Waals surface area contributed by atoms with E-state index >= 15 is 0 Å². The van der Waals surface area contributed by atoms with Gasteiger partial charge in [0.05, 0.1) is 0 Å². The van der Waals surface area contributed by atoms with E-state index in [9.17, 15) is 0 Å². The fourth-order valence-corrected chi connectivity index (χ4v) is 2.46. The van der Waals surface area contributed by atoms with Gasteiger partial charge < -0.3 is 5.32 Å². The average molecular weight is 212 g/mol. The van der Waals surface area contributed by atoms with Crippen molar-refractivity contribution in [2.75, 3.05) is 19.6 Å². The van der Waals surface area contributed by atoms with Crippen LogP contribution in [-0.2, 0) is 0 Å². The lowest BCUT2D eigenvalue weighted by Gasteiger charge is -2.37. The first-order valence-electron chi connectivity index (χ1n) is 6.64. The van der Waals surface area contributed by atoms with Gasteiger partial charge in [0.1, 0.15) is 0 Å². The molecule has 2 nitrogen and oxygen atoms in total. The Morgan fingerprint density at radius 2 is 1.93 bits per heavy atom. The van der Waals surface area contributed by atoms with Gasteiger partial charge in [-0.25, -0.2) is 0 Å². The van der Waals surface area contributed by atoms with Crippen LogP contribution in [0.3, 0.4) is 0 Å². The second kappa shape index (κ2) is 5.86. The van der Waals surface area contributed by atoms with Crippen LogP contribution in [0.4, 0.5) is 0 Å². The summed E-state index contributed by atoms with van der Waals surface area (Å²) in [6, 6.07) is 0.738. The molecule has 0 bridgehead atoms. The Morgan fingerprint density at radius 3 is 2.47 bits per heavy atom. The molecule has 0 radical (unpaired) electrons. The summed E-state index contributed by atoms with van der Waals surface area (Å²) in [5, 5.41) is 3.64. The van der Waals surface area contributed by atoms with E-state index in [-0.39, 0.29) is 0 Å². The third kappa shape index (κ3) is 3.18. The van der Waals surface area contributed by atoms with Gasteiger partial charge in [-0.1, -0.05) is 20.8 Å². The van der Waals surface area contributed by atoms with Crippen LogP contribution in [0.2, 0.25) is 0 Å². The van der Waals surface area contributed by atoms with Gasteiger partial charge in [0.2, 0.25) is 0 Å². The van der Waals surface area contributed by atoms with Crippen molar-refractivity contribution >= 4 is 0 Å². The number of nitrogens with zero attached hydrogens (tertiary/aromatic N) is 1. The van der Waals surface area contributed by atoms with Crippen LogP contribution in [0.1, 0.15) is 53.4 Å². The standard InChI is InChI=1S/C13H28N2/c1-5-9-14-12-8-10-15(11-12)13(4,6-2)7-3/h12,14H,5-11H2,1-4H3. The summed E-state index contributed by atoms with van der Waals surface area (Å²) in [6.45, 7) is 13.0. The molecule has 15 heavy (non-hydrogen) atoms. The van der Waals surface area contributed by atoms with Crippen LogP contribution in [-0.4, -0.2) is 36.1 Å². The minimum absolute atomic E-state index is 0.433. The third-order valence-electron chi connectivity index (χ3n) is 4.16. The van der Waals surface area contributed by atoms with Crippen LogP contribution >= 0.6 is 0 Å². The molecule has 0 saturated carbocycles. The topological polar surface area (TPSA) is 15.3 Å². The third-order valence-corrected chi connectivity index (χ3v) is 4.16. The summed E-state index contributed by atoms with van der Waals surface area (Å²) in [5.41, 5.74) is 0.433. The molecule has 2 heteroatoms. The molecule has 1 saturated heterocycles. The smallest absolute Gasteiger partial charge is 0.0207 e. The van der Waals surface area contributed by atoms with Crippen molar-refractivity contribution in [2.45, 2.75) is 65.0 Å². The molecule has 90 valence electrons. The van der Waals surface area contributed by atoms with Crippen LogP contribution in [0.25, 0.3) is 0 Å². The maximum absolute atomic E-state index is 3.64. The quantitative estimate of drug-likeness (QED) is 0.728. The number of hydrogen-bond acceptors (Lipinski definition) is 2. The molecule has 1 N–H and O–H groups in total. The molecule has 1 heterocycles. The van der Waals surface area contributed by atoms with E-state index in [0.717, 1.165) is 6.04 Å². The molecule has 1 atom stereocenters. The van der Waals surface area contributed by atoms with E-state index in [1.807, 2.05) is 0 Å². The molecule has 0 aromatic rings. The Balaban J connectivity index is 2.40. The lowest BCUT2D eigenvalue weighted by molar-refractivity contribution is 0.122. The van der Waals surface area contributed by atoms with Gasteiger partial charge in [-0.05, 0) is 39.2 Å². The molecule has 0 amide bonds. The predicted molar refractivity (Wildman–Crippen MR) is 67.3 cm³/mol. The predicted octanol–water partition coefficient (Wildman–Crippen LogP) is 2.64. The summed E-state index contributed by atoms with van der Waals surface area (Å²) in [6.07, 6.45) is 5.11. The van der Waals surface area contributed by atoms with Crippen molar-refractivity contribution in [3.05, 3.63) is 0 Å². The van der Waals surface area contributed by atoms with Crippen molar-refractivity contribution < 1.29 is 0 Å². The maximum atomic E-state index is 3.64. The summed E-state index contributed by atoms with van der Waals surface area (Å²) < 4.78 is 0. The molecule has 0 spiro atoms. The Hall–Kier alpha value is -0.0800. The molecule has 0 aliphatic carbocycles. The van der Waals surface area contributed by atoms with Crippen molar-refractivity contribution in [3.8, 4) is 0 Å². The summed E-state index contributed by atoms with van der Waals surface area (Å²) in [7, 11) is 0. The summed E-state index contributed by atoms with van der Waals surface area (Å²) in [4.78, 5) is 2.68. The minimum atomic E-state index is 0.433. The van der Waals surface area contributed by atoms with Gasteiger partial charge >= 0.3 is 0 Å². The zero-order valence-electron chi connectivity index (χ0n) is 11.0. The molecule has 0 aromatic heterocycles. The van der Waals surface area contributed by atoms with Crippen molar-refractivity contribution in [2.24, 2.45) is 0 Å². The normalized spacial score (nSPS) is 23.6. The van der Waals surface area contributed by atoms with Crippen LogP contribution < -0.4 is 5.32 Å². The van der Waals surface area contributed by atoms with E-state index in [1.165, 1.54) is 45.3 Å². The largest absolute Gasteiger partial charge is 0.313 e. The van der Waals surface area contributed by atoms with Crippen molar-refractivity contribution in [1.82, 2.24) is 10.2 Å². The zero-order chi connectivity index (χ0) is 11.3. The Kier molecular flexibility index (Phi) is 5.07. The maximum Gasteiger partial charge on any atom is 0.0207 e. The molecule has 0 aromatic carbocycles. The first kappa shape index (κ1) is 13.0. The Bertz CT molecular complexity index is 175. The van der Waals surface area contributed by atoms with E-state index in [2.05, 4.69) is 37.9 Å². The van der Waals surface area contributed by atoms with E-state index in [0.29, 0.717) is 5.54 Å². The molecule has 1 unspecified atom stereocenters. The number of hydrogen-bond donors (Lipinski definition) is 1. The second-order valence-corrected chi connectivity index (χ2v) is 5.09. The van der Waals surface area contributed by atoms with Crippen molar-refractivity contribution in [3.63, 3.8) is 0 Å². The fourth-order valence-electron chi connectivity index (χ4n) is 2.46. The minimum Gasteiger partial charge on any atom is -0.313 e. The highest BCUT2D eigenvalue weighted by molar-refractivity contribution is 4.91. The number of nitrogens with one attached hydrogen (secondary N) is 1. The average Bonchev–Trinajstić information content (AvgIpc) is 2.74. The molecule has 1 fully saturated rings. The fraction of sp³-hybridized carbons (Fsp3) is 1.00. The van der Waals surface area contributed by atoms with Crippen LogP contribution in [0.5, 0.6) is 0 Å². The SMILES string of the molecule is CCCNC1CCN(C(C)(CC)CC)C1. The van der Waals surface area contributed by atoms with E-state index < -0.39 is 0 Å². The summed E-state index contributed by atoms with van der Waals surface area (Å²) in [5.74, 6) is 0. The zero-order valence-corrected chi connectivity index (χ0v) is 11.0. The van der Waals surface area contributed by atoms with Gasteiger partial charge in [0.25, 0.3) is 0 Å². The summed E-state index contributed by atoms with van der Waals surface area (Å²) >= 11 is 0. The highest BCUT2D eigenvalue weighted by Crippen LogP contribution is 2.27. The first-order valence-corrected chi connectivity index (χ1v) is 6.64. The highest BCUT2D eigenvalue weighted by atomic mass is 15.2. The van der Waals surface area contributed by atoms with Crippen LogP contribution in [0.15, 0.2) is 0 Å². The molecule has 1 rings (SSSR count). The van der Waals surface area contributed by atoms with Gasteiger partial charge in [-0.15, -0.1) is 0 Å². The van der Waals surface area contributed by atoms with Gasteiger partial charge in [-0.2, -0.15) is 0 Å². The number of likely N-dealkylation sites (tertiary alicyclic amines) is 1. The first-order chi connectivity index (χ1) is 7.16. The van der Waals surface area contributed by atoms with Gasteiger partial charge in [0.15, 0.2) is 0 Å². The lowest BCUT2D eigenvalue weighted by Crippen LogP contribution is -2.45. The number of rotatable bonds is 6. The lowest BCUT2D eigenvalue weighted by atomic mass is 9.93. The van der Waals surface area contributed by atoms with E-state index in [1.54, 1.807) is 0 Å². The Labute approximate surface area is 95.4 Å². The molecule has 1 aliphatic rings. The van der Waals surface area contributed by atoms with Crippen molar-refractivity contribution in [1.29, 1.82) is 0 Å². The molecular weight excluding hydrogens is 184 g/mol. The van der Waals surface area contributed by atoms with E-state index in [4.69, 9.17) is 0 Å². The molecule has 1 aliphatic heterocycles. The highest BCUT2D eigenvalue weighted by Gasteiger charge is 2.33.